The molecule has 3 rings (SSSR count). The Hall–Kier alpha value is -1.36. The van der Waals surface area contributed by atoms with Gasteiger partial charge in [-0.25, -0.2) is 4.98 Å². The summed E-state index contributed by atoms with van der Waals surface area (Å²) < 4.78 is 1.32. The van der Waals surface area contributed by atoms with Crippen molar-refractivity contribution in [2.75, 3.05) is 0 Å². The van der Waals surface area contributed by atoms with E-state index in [4.69, 9.17) is 11.6 Å². The standard InChI is InChI=1S/C12H15ClN4O/c1-17-11(18)9-10(16-12(17)13)15-8(14-9)6-7-4-2-3-5-7/h7H,2-6H2,1H3,(H,14,15). The molecule has 1 saturated carbocycles. The number of nitrogens with zero attached hydrogens (tertiary/aromatic N) is 3. The fourth-order valence-electron chi connectivity index (χ4n) is 2.64. The zero-order valence-corrected chi connectivity index (χ0v) is 11.0. The minimum absolute atomic E-state index is 0.171. The third-order valence-corrected chi connectivity index (χ3v) is 4.02. The summed E-state index contributed by atoms with van der Waals surface area (Å²) in [5.74, 6) is 1.54. The number of fused-ring (bicyclic) bond motifs is 1. The van der Waals surface area contributed by atoms with E-state index in [2.05, 4.69) is 15.0 Å². The van der Waals surface area contributed by atoms with E-state index >= 15 is 0 Å². The third-order valence-electron chi connectivity index (χ3n) is 3.68. The van der Waals surface area contributed by atoms with Crippen molar-refractivity contribution in [3.05, 3.63) is 21.5 Å². The zero-order valence-electron chi connectivity index (χ0n) is 10.2. The summed E-state index contributed by atoms with van der Waals surface area (Å²) in [6.07, 6.45) is 6.01. The normalized spacial score (nSPS) is 16.8. The van der Waals surface area contributed by atoms with Crippen molar-refractivity contribution in [3.8, 4) is 0 Å². The van der Waals surface area contributed by atoms with Gasteiger partial charge in [0.05, 0.1) is 0 Å². The van der Waals surface area contributed by atoms with E-state index in [9.17, 15) is 4.79 Å². The van der Waals surface area contributed by atoms with Crippen molar-refractivity contribution in [2.24, 2.45) is 13.0 Å². The molecule has 0 bridgehead atoms. The number of aromatic nitrogens is 4. The van der Waals surface area contributed by atoms with E-state index in [0.29, 0.717) is 17.1 Å². The Labute approximate surface area is 109 Å². The average Bonchev–Trinajstić information content (AvgIpc) is 2.96. The van der Waals surface area contributed by atoms with Gasteiger partial charge in [0.15, 0.2) is 11.2 Å². The molecule has 0 amide bonds. The Bertz CT molecular complexity index is 639. The molecule has 1 N–H and O–H groups in total. The maximum absolute atomic E-state index is 12.0. The van der Waals surface area contributed by atoms with E-state index < -0.39 is 0 Å². The lowest BCUT2D eigenvalue weighted by molar-refractivity contribution is 0.534. The van der Waals surface area contributed by atoms with Crippen molar-refractivity contribution >= 4 is 22.8 Å². The summed E-state index contributed by atoms with van der Waals surface area (Å²) in [5.41, 5.74) is 0.709. The van der Waals surface area contributed by atoms with Gasteiger partial charge in [0.2, 0.25) is 5.28 Å². The highest BCUT2D eigenvalue weighted by Gasteiger charge is 2.18. The largest absolute Gasteiger partial charge is 0.336 e. The maximum atomic E-state index is 12.0. The molecule has 0 radical (unpaired) electrons. The Morgan fingerprint density at radius 1 is 1.39 bits per heavy atom. The van der Waals surface area contributed by atoms with Crippen molar-refractivity contribution < 1.29 is 0 Å². The predicted molar refractivity (Wildman–Crippen MR) is 69.8 cm³/mol. The number of halogens is 1. The van der Waals surface area contributed by atoms with Gasteiger partial charge in [0, 0.05) is 13.5 Å². The summed E-state index contributed by atoms with van der Waals surface area (Å²) >= 11 is 5.87. The van der Waals surface area contributed by atoms with Gasteiger partial charge in [-0.3, -0.25) is 9.36 Å². The molecule has 0 atom stereocenters. The topological polar surface area (TPSA) is 63.6 Å². The van der Waals surface area contributed by atoms with Crippen LogP contribution in [0.25, 0.3) is 11.2 Å². The maximum Gasteiger partial charge on any atom is 0.280 e. The summed E-state index contributed by atoms with van der Waals surface area (Å²) in [6, 6.07) is 0. The van der Waals surface area contributed by atoms with Gasteiger partial charge in [-0.15, -0.1) is 0 Å². The number of imidazole rings is 1. The number of hydrogen-bond acceptors (Lipinski definition) is 3. The summed E-state index contributed by atoms with van der Waals surface area (Å²) in [6.45, 7) is 0. The van der Waals surface area contributed by atoms with E-state index in [0.717, 1.165) is 12.2 Å². The molecular formula is C12H15ClN4O. The Morgan fingerprint density at radius 2 is 2.11 bits per heavy atom. The fourth-order valence-corrected chi connectivity index (χ4v) is 2.80. The van der Waals surface area contributed by atoms with Crippen LogP contribution < -0.4 is 5.56 Å². The average molecular weight is 267 g/mol. The zero-order chi connectivity index (χ0) is 12.7. The monoisotopic (exact) mass is 266 g/mol. The van der Waals surface area contributed by atoms with Crippen molar-refractivity contribution in [2.45, 2.75) is 32.1 Å². The quantitative estimate of drug-likeness (QED) is 0.846. The molecule has 2 aromatic rings. The first-order valence-corrected chi connectivity index (χ1v) is 6.64. The van der Waals surface area contributed by atoms with Crippen LogP contribution in [0.3, 0.4) is 0 Å². The van der Waals surface area contributed by atoms with Crippen molar-refractivity contribution in [1.29, 1.82) is 0 Å². The molecular weight excluding hydrogens is 252 g/mol. The second-order valence-corrected chi connectivity index (χ2v) is 5.32. The summed E-state index contributed by atoms with van der Waals surface area (Å²) in [5, 5.41) is 0.173. The van der Waals surface area contributed by atoms with E-state index in [-0.39, 0.29) is 10.8 Å². The van der Waals surface area contributed by atoms with Crippen LogP contribution in [0.1, 0.15) is 31.5 Å². The van der Waals surface area contributed by atoms with Crippen LogP contribution in [0.4, 0.5) is 0 Å². The molecule has 0 aliphatic heterocycles. The van der Waals surface area contributed by atoms with Crippen LogP contribution in [0.5, 0.6) is 0 Å². The van der Waals surface area contributed by atoms with Crippen LogP contribution in [-0.2, 0) is 13.5 Å². The molecule has 5 nitrogen and oxygen atoms in total. The van der Waals surface area contributed by atoms with Gasteiger partial charge in [-0.2, -0.15) is 4.98 Å². The number of rotatable bonds is 2. The molecule has 1 fully saturated rings. The van der Waals surface area contributed by atoms with Crippen LogP contribution >= 0.6 is 11.6 Å². The van der Waals surface area contributed by atoms with E-state index in [1.54, 1.807) is 7.05 Å². The van der Waals surface area contributed by atoms with E-state index in [1.165, 1.54) is 30.3 Å². The van der Waals surface area contributed by atoms with Gasteiger partial charge in [0.25, 0.3) is 5.56 Å². The fraction of sp³-hybridized carbons (Fsp3) is 0.583. The van der Waals surface area contributed by atoms with Crippen LogP contribution in [-0.4, -0.2) is 19.5 Å². The van der Waals surface area contributed by atoms with Gasteiger partial charge >= 0.3 is 0 Å². The SMILES string of the molecule is Cn1c(Cl)nc2nc(CC3CCCC3)[nH]c2c1=O. The molecule has 18 heavy (non-hydrogen) atoms. The Morgan fingerprint density at radius 3 is 2.83 bits per heavy atom. The number of aromatic amines is 1. The van der Waals surface area contributed by atoms with E-state index in [1.807, 2.05) is 0 Å². The second-order valence-electron chi connectivity index (χ2n) is 4.98. The minimum atomic E-state index is -0.171. The molecule has 1 aliphatic rings. The number of nitrogens with one attached hydrogen (secondary N) is 1. The molecule has 6 heteroatoms. The highest BCUT2D eigenvalue weighted by Crippen LogP contribution is 2.27. The highest BCUT2D eigenvalue weighted by molar-refractivity contribution is 6.28. The molecule has 96 valence electrons. The van der Waals surface area contributed by atoms with Crippen LogP contribution in [0.15, 0.2) is 4.79 Å². The Balaban J connectivity index is 2.00. The Kier molecular flexibility index (Phi) is 2.86. The lowest BCUT2D eigenvalue weighted by atomic mass is 10.0. The molecule has 2 heterocycles. The molecule has 0 aromatic carbocycles. The molecule has 1 aliphatic carbocycles. The highest BCUT2D eigenvalue weighted by atomic mass is 35.5. The summed E-state index contributed by atoms with van der Waals surface area (Å²) in [7, 11) is 1.61. The van der Waals surface area contributed by atoms with Crippen molar-refractivity contribution in [3.63, 3.8) is 0 Å². The minimum Gasteiger partial charge on any atom is -0.336 e. The molecule has 0 saturated heterocycles. The first kappa shape index (κ1) is 11.7. The summed E-state index contributed by atoms with van der Waals surface area (Å²) in [4.78, 5) is 23.6. The van der Waals surface area contributed by atoms with Crippen LogP contribution in [0.2, 0.25) is 5.28 Å². The lowest BCUT2D eigenvalue weighted by Crippen LogP contribution is -2.18. The molecule has 0 spiro atoms. The number of H-pyrrole nitrogens is 1. The van der Waals surface area contributed by atoms with Crippen molar-refractivity contribution in [1.82, 2.24) is 19.5 Å². The van der Waals surface area contributed by atoms with Gasteiger partial charge < -0.3 is 4.98 Å². The predicted octanol–water partition coefficient (Wildman–Crippen LogP) is 2.04. The van der Waals surface area contributed by atoms with Crippen LogP contribution in [0, 0.1) is 5.92 Å². The van der Waals surface area contributed by atoms with Gasteiger partial charge in [-0.05, 0) is 17.5 Å². The van der Waals surface area contributed by atoms with Gasteiger partial charge in [-0.1, -0.05) is 25.7 Å². The third kappa shape index (κ3) is 1.92. The first-order chi connectivity index (χ1) is 8.65. The first-order valence-electron chi connectivity index (χ1n) is 6.26. The molecule has 0 unspecified atom stereocenters. The number of hydrogen-bond donors (Lipinski definition) is 1. The van der Waals surface area contributed by atoms with Gasteiger partial charge in [0.1, 0.15) is 5.82 Å². The second kappa shape index (κ2) is 4.39. The smallest absolute Gasteiger partial charge is 0.280 e. The molecule has 2 aromatic heterocycles. The lowest BCUT2D eigenvalue weighted by Gasteiger charge is -2.04.